The molecule has 1 fully saturated rings. The largest absolute Gasteiger partial charge is 0.481 e. The highest BCUT2D eigenvalue weighted by molar-refractivity contribution is 6.55. The van der Waals surface area contributed by atoms with Crippen LogP contribution in [0, 0.1) is 45.8 Å². The fourth-order valence-electron chi connectivity index (χ4n) is 3.28. The number of carbonyl (C=O) groups is 1. The van der Waals surface area contributed by atoms with Crippen molar-refractivity contribution in [3.8, 4) is 0 Å². The van der Waals surface area contributed by atoms with Gasteiger partial charge in [0, 0.05) is 11.5 Å². The van der Waals surface area contributed by atoms with Crippen LogP contribution in [0.1, 0.15) is 19.4 Å². The smallest absolute Gasteiger partial charge is 0.311 e. The summed E-state index contributed by atoms with van der Waals surface area (Å²) in [6.45, 7) is 2.95. The van der Waals surface area contributed by atoms with E-state index in [1.54, 1.807) is 0 Å². The van der Waals surface area contributed by atoms with Crippen LogP contribution in [0.5, 0.6) is 0 Å². The maximum Gasteiger partial charge on any atom is 0.311 e. The van der Waals surface area contributed by atoms with Crippen LogP contribution < -0.4 is 0 Å². The molecule has 2 nitrogen and oxygen atoms in total. The van der Waals surface area contributed by atoms with Crippen molar-refractivity contribution in [2.45, 2.75) is 20.3 Å². The Morgan fingerprint density at radius 2 is 1.46 bits per heavy atom. The molecular formula is C15H11Cl2F5O2. The molecule has 0 amide bonds. The van der Waals surface area contributed by atoms with Gasteiger partial charge >= 0.3 is 5.97 Å². The lowest BCUT2D eigenvalue weighted by molar-refractivity contribution is -0.145. The van der Waals surface area contributed by atoms with Gasteiger partial charge in [-0.15, -0.1) is 0 Å². The van der Waals surface area contributed by atoms with E-state index in [0.29, 0.717) is 0 Å². The molecule has 1 saturated carbocycles. The van der Waals surface area contributed by atoms with E-state index >= 15 is 0 Å². The van der Waals surface area contributed by atoms with E-state index in [9.17, 15) is 31.9 Å². The van der Waals surface area contributed by atoms with Crippen molar-refractivity contribution < 1.29 is 31.9 Å². The van der Waals surface area contributed by atoms with E-state index in [1.807, 2.05) is 0 Å². The maximum atomic E-state index is 13.9. The van der Waals surface area contributed by atoms with Crippen molar-refractivity contribution >= 4 is 29.2 Å². The zero-order chi connectivity index (χ0) is 18.6. The summed E-state index contributed by atoms with van der Waals surface area (Å²) < 4.78 is 67.3. The van der Waals surface area contributed by atoms with Crippen LogP contribution in [0.3, 0.4) is 0 Å². The van der Waals surface area contributed by atoms with E-state index < -0.39 is 63.8 Å². The minimum Gasteiger partial charge on any atom is -0.481 e. The Balaban J connectivity index is 2.61. The highest BCUT2D eigenvalue weighted by Gasteiger charge is 2.75. The Morgan fingerprint density at radius 1 is 1.04 bits per heavy atom. The third-order valence-electron chi connectivity index (χ3n) is 4.81. The van der Waals surface area contributed by atoms with Gasteiger partial charge in [0.2, 0.25) is 5.82 Å². The summed E-state index contributed by atoms with van der Waals surface area (Å²) in [5.74, 6) is -12.9. The van der Waals surface area contributed by atoms with Gasteiger partial charge in [-0.3, -0.25) is 4.79 Å². The Morgan fingerprint density at radius 3 is 1.83 bits per heavy atom. The summed E-state index contributed by atoms with van der Waals surface area (Å²) in [4.78, 5) is 11.7. The first-order valence-corrected chi connectivity index (χ1v) is 7.41. The van der Waals surface area contributed by atoms with Crippen molar-refractivity contribution in [1.82, 2.24) is 0 Å². The quantitative estimate of drug-likeness (QED) is 0.449. The molecule has 2 unspecified atom stereocenters. The van der Waals surface area contributed by atoms with E-state index in [4.69, 9.17) is 23.2 Å². The molecule has 0 heterocycles. The molecule has 0 aromatic heterocycles. The van der Waals surface area contributed by atoms with Crippen molar-refractivity contribution in [3.05, 3.63) is 45.2 Å². The number of hydrogen-bond donors (Lipinski definition) is 1. The summed E-state index contributed by atoms with van der Waals surface area (Å²) in [6.07, 6.45) is 0.284. The zero-order valence-electron chi connectivity index (χ0n) is 12.4. The molecule has 1 aromatic rings. The summed E-state index contributed by atoms with van der Waals surface area (Å²) in [7, 11) is 0. The number of carboxylic acid groups (broad SMARTS) is 1. The average Bonchev–Trinajstić information content (AvgIpc) is 2.94. The molecule has 2 rings (SSSR count). The fraction of sp³-hybridized carbons (Fsp3) is 0.400. The SMILES string of the molecule is CC1(C)C(C=C(Cl)Cl)C1(Cc1c(F)c(F)c(F)c(F)c1F)C(=O)O. The number of hydrogen-bond acceptors (Lipinski definition) is 1. The van der Waals surface area contributed by atoms with Gasteiger partial charge in [-0.2, -0.15) is 0 Å². The van der Waals surface area contributed by atoms with Crippen LogP contribution in [0.25, 0.3) is 0 Å². The van der Waals surface area contributed by atoms with Crippen LogP contribution in [0.15, 0.2) is 10.6 Å². The van der Waals surface area contributed by atoms with Crippen molar-refractivity contribution in [1.29, 1.82) is 0 Å². The summed E-state index contributed by atoms with van der Waals surface area (Å²) in [5.41, 5.74) is -4.04. The number of halogens is 7. The second-order valence-electron chi connectivity index (χ2n) is 6.16. The van der Waals surface area contributed by atoms with Gasteiger partial charge in [-0.25, -0.2) is 22.0 Å². The first-order chi connectivity index (χ1) is 10.9. The first-order valence-electron chi connectivity index (χ1n) is 6.66. The van der Waals surface area contributed by atoms with Crippen LogP contribution in [-0.4, -0.2) is 11.1 Å². The van der Waals surface area contributed by atoms with Gasteiger partial charge in [0.05, 0.1) is 5.41 Å². The Bertz CT molecular complexity index is 730. The Labute approximate surface area is 143 Å². The normalized spacial score (nSPS) is 24.6. The van der Waals surface area contributed by atoms with E-state index in [-0.39, 0.29) is 4.49 Å². The molecule has 0 spiro atoms. The summed E-state index contributed by atoms with van der Waals surface area (Å²) >= 11 is 11.0. The van der Waals surface area contributed by atoms with E-state index in [1.165, 1.54) is 19.9 Å². The Hall–Kier alpha value is -1.34. The third-order valence-corrected chi connectivity index (χ3v) is 5.06. The van der Waals surface area contributed by atoms with Crippen molar-refractivity contribution in [3.63, 3.8) is 0 Å². The Kier molecular flexibility index (Phi) is 4.65. The van der Waals surface area contributed by atoms with Crippen LogP contribution in [0.4, 0.5) is 22.0 Å². The number of benzene rings is 1. The maximum absolute atomic E-state index is 13.9. The molecule has 1 aromatic carbocycles. The average molecular weight is 389 g/mol. The van der Waals surface area contributed by atoms with Gasteiger partial charge in [-0.05, 0) is 17.9 Å². The lowest BCUT2D eigenvalue weighted by atomic mass is 9.88. The van der Waals surface area contributed by atoms with Crippen LogP contribution in [0.2, 0.25) is 0 Å². The van der Waals surface area contributed by atoms with Gasteiger partial charge < -0.3 is 5.11 Å². The molecule has 9 heteroatoms. The second kappa shape index (κ2) is 5.88. The topological polar surface area (TPSA) is 37.3 Å². The highest BCUT2D eigenvalue weighted by atomic mass is 35.5. The molecule has 0 saturated heterocycles. The minimum atomic E-state index is -2.30. The molecule has 1 aliphatic rings. The predicted molar refractivity (Wildman–Crippen MR) is 77.1 cm³/mol. The molecule has 0 bridgehead atoms. The number of carboxylic acids is 1. The number of rotatable bonds is 4. The second-order valence-corrected chi connectivity index (χ2v) is 7.17. The number of allylic oxidation sites excluding steroid dienone is 1. The van der Waals surface area contributed by atoms with Gasteiger partial charge in [0.1, 0.15) is 4.49 Å². The van der Waals surface area contributed by atoms with Crippen molar-refractivity contribution in [2.24, 2.45) is 16.7 Å². The molecule has 1 aliphatic carbocycles. The zero-order valence-corrected chi connectivity index (χ0v) is 13.9. The molecule has 2 atom stereocenters. The fourth-order valence-corrected chi connectivity index (χ4v) is 3.53. The van der Waals surface area contributed by atoms with Gasteiger partial charge in [0.15, 0.2) is 23.3 Å². The predicted octanol–water partition coefficient (Wildman–Crippen LogP) is 4.97. The summed E-state index contributed by atoms with van der Waals surface area (Å²) in [5, 5.41) is 9.54. The first kappa shape index (κ1) is 19.0. The van der Waals surface area contributed by atoms with Crippen LogP contribution in [-0.2, 0) is 11.2 Å². The third kappa shape index (κ3) is 2.49. The lowest BCUT2D eigenvalue weighted by Crippen LogP contribution is -2.26. The molecule has 0 radical (unpaired) electrons. The highest BCUT2D eigenvalue weighted by Crippen LogP contribution is 2.71. The molecule has 24 heavy (non-hydrogen) atoms. The number of aliphatic carboxylic acids is 1. The standard InChI is InChI=1S/C15H11Cl2F5O2/c1-14(2)6(3-7(16)17)15(14,13(23)24)4-5-8(18)10(20)12(22)11(21)9(5)19/h3,6H,4H2,1-2H3,(H,23,24). The minimum absolute atomic E-state index is 0.256. The molecule has 1 N–H and O–H groups in total. The van der Waals surface area contributed by atoms with E-state index in [2.05, 4.69) is 0 Å². The van der Waals surface area contributed by atoms with Crippen molar-refractivity contribution in [2.75, 3.05) is 0 Å². The molecular weight excluding hydrogens is 378 g/mol. The summed E-state index contributed by atoms with van der Waals surface area (Å²) in [6, 6.07) is 0. The van der Waals surface area contributed by atoms with E-state index in [0.717, 1.165) is 0 Å². The monoisotopic (exact) mass is 388 g/mol. The van der Waals surface area contributed by atoms with Gasteiger partial charge in [0.25, 0.3) is 0 Å². The molecule has 0 aliphatic heterocycles. The van der Waals surface area contributed by atoms with Gasteiger partial charge in [-0.1, -0.05) is 37.0 Å². The van der Waals surface area contributed by atoms with Crippen LogP contribution >= 0.6 is 23.2 Å². The molecule has 132 valence electrons. The lowest BCUT2D eigenvalue weighted by Gasteiger charge is -2.17.